The van der Waals surface area contributed by atoms with Crippen molar-refractivity contribution in [2.45, 2.75) is 33.3 Å². The Morgan fingerprint density at radius 2 is 1.76 bits per heavy atom. The molecule has 1 unspecified atom stereocenters. The van der Waals surface area contributed by atoms with Crippen LogP contribution in [0.2, 0.25) is 0 Å². The van der Waals surface area contributed by atoms with E-state index in [1.54, 1.807) is 18.3 Å². The van der Waals surface area contributed by atoms with E-state index in [4.69, 9.17) is 0 Å². The smallest absolute Gasteiger partial charge is 0.251 e. The molecule has 0 saturated heterocycles. The second-order valence-corrected chi connectivity index (χ2v) is 7.96. The number of rotatable bonds is 4. The molecular weight excluding hydrogens is 330 g/mol. The minimum absolute atomic E-state index is 0.142. The van der Waals surface area contributed by atoms with Crippen LogP contribution in [0.4, 0.5) is 0 Å². The van der Waals surface area contributed by atoms with Crippen LogP contribution in [-0.4, -0.2) is 17.6 Å². The van der Waals surface area contributed by atoms with E-state index in [1.807, 2.05) is 63.2 Å². The number of amides is 1. The first-order valence-corrected chi connectivity index (χ1v) is 9.17. The summed E-state index contributed by atoms with van der Waals surface area (Å²) >= 11 is 1.56. The van der Waals surface area contributed by atoms with Gasteiger partial charge in [-0.1, -0.05) is 35.9 Å². The third-order valence-corrected chi connectivity index (χ3v) is 5.82. The molecule has 1 atom stereocenters. The Kier molecular flexibility index (Phi) is 4.67. The SMILES string of the molecule is Cc1cc(C)c(C(=O)NCC(C)(O)c2cc3ccccc3s2)c(C)c1. The lowest BCUT2D eigenvalue weighted by atomic mass is 9.98. The topological polar surface area (TPSA) is 49.3 Å². The van der Waals surface area contributed by atoms with Crippen LogP contribution in [0.3, 0.4) is 0 Å². The summed E-state index contributed by atoms with van der Waals surface area (Å²) in [7, 11) is 0. The fourth-order valence-corrected chi connectivity index (χ4v) is 4.32. The predicted molar refractivity (Wildman–Crippen MR) is 104 cm³/mol. The second kappa shape index (κ2) is 6.62. The highest BCUT2D eigenvalue weighted by Crippen LogP contribution is 2.32. The van der Waals surface area contributed by atoms with Gasteiger partial charge >= 0.3 is 0 Å². The van der Waals surface area contributed by atoms with E-state index in [0.717, 1.165) is 31.7 Å². The summed E-state index contributed by atoms with van der Waals surface area (Å²) in [5.74, 6) is -0.142. The van der Waals surface area contributed by atoms with E-state index in [2.05, 4.69) is 5.32 Å². The van der Waals surface area contributed by atoms with Crippen LogP contribution in [0, 0.1) is 20.8 Å². The molecule has 3 rings (SSSR count). The molecule has 4 heteroatoms. The van der Waals surface area contributed by atoms with E-state index in [1.165, 1.54) is 0 Å². The Balaban J connectivity index is 1.79. The molecule has 0 spiro atoms. The quantitative estimate of drug-likeness (QED) is 0.727. The van der Waals surface area contributed by atoms with E-state index >= 15 is 0 Å². The zero-order valence-corrected chi connectivity index (χ0v) is 15.8. The van der Waals surface area contributed by atoms with Gasteiger partial charge in [0.1, 0.15) is 5.60 Å². The maximum absolute atomic E-state index is 12.6. The summed E-state index contributed by atoms with van der Waals surface area (Å²) in [5.41, 5.74) is 2.64. The molecule has 0 aliphatic rings. The third-order valence-electron chi connectivity index (χ3n) is 4.45. The Morgan fingerprint density at radius 1 is 1.12 bits per heavy atom. The van der Waals surface area contributed by atoms with Gasteiger partial charge in [0.25, 0.3) is 5.91 Å². The van der Waals surface area contributed by atoms with Crippen molar-refractivity contribution < 1.29 is 9.90 Å². The molecule has 0 aliphatic carbocycles. The Bertz CT molecular complexity index is 884. The molecule has 25 heavy (non-hydrogen) atoms. The molecule has 2 aromatic carbocycles. The van der Waals surface area contributed by atoms with Crippen molar-refractivity contribution in [3.63, 3.8) is 0 Å². The first-order valence-electron chi connectivity index (χ1n) is 8.35. The average Bonchev–Trinajstić information content (AvgIpc) is 2.97. The van der Waals surface area contributed by atoms with E-state index < -0.39 is 5.60 Å². The van der Waals surface area contributed by atoms with E-state index in [0.29, 0.717) is 5.56 Å². The first-order chi connectivity index (χ1) is 11.8. The van der Waals surface area contributed by atoms with Crippen molar-refractivity contribution in [3.8, 4) is 0 Å². The second-order valence-electron chi connectivity index (χ2n) is 6.88. The summed E-state index contributed by atoms with van der Waals surface area (Å²) in [5, 5.41) is 14.9. The highest BCUT2D eigenvalue weighted by Gasteiger charge is 2.27. The fraction of sp³-hybridized carbons (Fsp3) is 0.286. The Labute approximate surface area is 152 Å². The molecule has 130 valence electrons. The van der Waals surface area contributed by atoms with Gasteiger partial charge in [-0.15, -0.1) is 11.3 Å². The molecule has 0 bridgehead atoms. The highest BCUT2D eigenvalue weighted by atomic mass is 32.1. The predicted octanol–water partition coefficient (Wildman–Crippen LogP) is 4.46. The summed E-state index contributed by atoms with van der Waals surface area (Å²) in [6.07, 6.45) is 0. The number of aliphatic hydroxyl groups is 1. The van der Waals surface area contributed by atoms with Gasteiger partial charge in [-0.05, 0) is 56.3 Å². The number of hydrogen-bond donors (Lipinski definition) is 2. The van der Waals surface area contributed by atoms with Gasteiger partial charge in [-0.2, -0.15) is 0 Å². The van der Waals surface area contributed by atoms with Gasteiger partial charge < -0.3 is 10.4 Å². The van der Waals surface area contributed by atoms with Crippen LogP contribution in [0.15, 0.2) is 42.5 Å². The summed E-state index contributed by atoms with van der Waals surface area (Å²) < 4.78 is 1.13. The molecule has 1 aromatic heterocycles. The molecule has 0 fully saturated rings. The van der Waals surface area contributed by atoms with E-state index in [9.17, 15) is 9.90 Å². The number of aryl methyl sites for hydroxylation is 3. The summed E-state index contributed by atoms with van der Waals surface area (Å²) in [6, 6.07) is 14.0. The highest BCUT2D eigenvalue weighted by molar-refractivity contribution is 7.19. The van der Waals surface area contributed by atoms with E-state index in [-0.39, 0.29) is 12.5 Å². The molecular formula is C21H23NO2S. The summed E-state index contributed by atoms with van der Waals surface area (Å²) in [4.78, 5) is 13.5. The van der Waals surface area contributed by atoms with Gasteiger partial charge in [-0.25, -0.2) is 0 Å². The molecule has 0 saturated carbocycles. The lowest BCUT2D eigenvalue weighted by Gasteiger charge is -2.23. The molecule has 3 aromatic rings. The number of benzene rings is 2. The minimum atomic E-state index is -1.11. The minimum Gasteiger partial charge on any atom is -0.383 e. The first kappa shape index (κ1) is 17.6. The van der Waals surface area contributed by atoms with Gasteiger partial charge in [0.05, 0.1) is 6.54 Å². The standard InChI is InChI=1S/C21H23NO2S/c1-13-9-14(2)19(15(3)10-13)20(23)22-12-21(4,24)18-11-16-7-5-6-8-17(16)25-18/h5-11,24H,12H2,1-4H3,(H,22,23). The number of carbonyl (C=O) groups excluding carboxylic acids is 1. The molecule has 0 aliphatic heterocycles. The molecule has 1 amide bonds. The maximum Gasteiger partial charge on any atom is 0.251 e. The average molecular weight is 353 g/mol. The molecule has 0 radical (unpaired) electrons. The molecule has 3 nitrogen and oxygen atoms in total. The number of fused-ring (bicyclic) bond motifs is 1. The molecule has 2 N–H and O–H groups in total. The van der Waals surface area contributed by atoms with Crippen LogP contribution >= 0.6 is 11.3 Å². The van der Waals surface area contributed by atoms with Crippen molar-refractivity contribution in [1.82, 2.24) is 5.32 Å². The summed E-state index contributed by atoms with van der Waals surface area (Å²) in [6.45, 7) is 7.82. The largest absolute Gasteiger partial charge is 0.383 e. The molecule has 1 heterocycles. The number of hydrogen-bond acceptors (Lipinski definition) is 3. The third kappa shape index (κ3) is 3.60. The van der Waals surface area contributed by atoms with Crippen molar-refractivity contribution in [3.05, 3.63) is 69.6 Å². The number of nitrogens with one attached hydrogen (secondary N) is 1. The van der Waals surface area contributed by atoms with Crippen LogP contribution in [-0.2, 0) is 5.60 Å². The van der Waals surface area contributed by atoms with Crippen LogP contribution in [0.5, 0.6) is 0 Å². The van der Waals surface area contributed by atoms with Crippen molar-refractivity contribution in [2.75, 3.05) is 6.54 Å². The number of carbonyl (C=O) groups is 1. The lowest BCUT2D eigenvalue weighted by Crippen LogP contribution is -2.38. The van der Waals surface area contributed by atoms with Gasteiger partial charge in [-0.3, -0.25) is 4.79 Å². The Morgan fingerprint density at radius 3 is 2.40 bits per heavy atom. The fourth-order valence-electron chi connectivity index (χ4n) is 3.21. The van der Waals surface area contributed by atoms with Crippen LogP contribution in [0.1, 0.15) is 38.8 Å². The van der Waals surface area contributed by atoms with Crippen molar-refractivity contribution >= 4 is 27.3 Å². The Hall–Kier alpha value is -2.17. The monoisotopic (exact) mass is 353 g/mol. The van der Waals surface area contributed by atoms with Crippen LogP contribution in [0.25, 0.3) is 10.1 Å². The zero-order valence-electron chi connectivity index (χ0n) is 15.0. The van der Waals surface area contributed by atoms with Crippen LogP contribution < -0.4 is 5.32 Å². The zero-order chi connectivity index (χ0) is 18.2. The maximum atomic E-state index is 12.6. The van der Waals surface area contributed by atoms with Crippen molar-refractivity contribution in [2.24, 2.45) is 0 Å². The lowest BCUT2D eigenvalue weighted by molar-refractivity contribution is 0.0557. The number of thiophene rings is 1. The van der Waals surface area contributed by atoms with Gasteiger partial charge in [0, 0.05) is 15.1 Å². The van der Waals surface area contributed by atoms with Gasteiger partial charge in [0.15, 0.2) is 0 Å². The normalized spacial score (nSPS) is 13.6. The van der Waals surface area contributed by atoms with Gasteiger partial charge in [0.2, 0.25) is 0 Å². The van der Waals surface area contributed by atoms with Crippen molar-refractivity contribution in [1.29, 1.82) is 0 Å².